The number of benzene rings is 1. The Bertz CT molecular complexity index is 604. The van der Waals surface area contributed by atoms with E-state index in [2.05, 4.69) is 11.8 Å². The van der Waals surface area contributed by atoms with Crippen LogP contribution in [-0.2, 0) is 14.3 Å². The van der Waals surface area contributed by atoms with Gasteiger partial charge >= 0.3 is 0 Å². The Morgan fingerprint density at radius 1 is 1.32 bits per heavy atom. The molecular formula is C18H21NO3. The lowest BCUT2D eigenvalue weighted by Crippen LogP contribution is -2.59. The molecule has 1 aromatic rings. The lowest BCUT2D eigenvalue weighted by Gasteiger charge is -2.44. The van der Waals surface area contributed by atoms with Gasteiger partial charge in [-0.1, -0.05) is 24.1 Å². The quantitative estimate of drug-likeness (QED) is 0.686. The van der Waals surface area contributed by atoms with Gasteiger partial charge in [0.2, 0.25) is 0 Å². The summed E-state index contributed by atoms with van der Waals surface area (Å²) in [6.45, 7) is 5.84. The van der Waals surface area contributed by atoms with Crippen molar-refractivity contribution in [1.29, 1.82) is 0 Å². The average molecular weight is 299 g/mol. The third-order valence-electron chi connectivity index (χ3n) is 4.38. The van der Waals surface area contributed by atoms with Crippen LogP contribution in [0.1, 0.15) is 25.8 Å². The molecule has 0 saturated carbocycles. The van der Waals surface area contributed by atoms with Crippen LogP contribution in [0.5, 0.6) is 0 Å². The Morgan fingerprint density at radius 3 is 2.77 bits per heavy atom. The van der Waals surface area contributed by atoms with Crippen molar-refractivity contribution < 1.29 is 14.3 Å². The van der Waals surface area contributed by atoms with Gasteiger partial charge in [-0.2, -0.15) is 0 Å². The second-order valence-corrected chi connectivity index (χ2v) is 6.06. The van der Waals surface area contributed by atoms with Gasteiger partial charge in [0.1, 0.15) is 5.60 Å². The van der Waals surface area contributed by atoms with Crippen molar-refractivity contribution >= 4 is 5.91 Å². The summed E-state index contributed by atoms with van der Waals surface area (Å²) in [6, 6.07) is 9.56. The lowest BCUT2D eigenvalue weighted by atomic mass is 9.93. The molecule has 0 bridgehead atoms. The Kier molecular flexibility index (Phi) is 4.19. The fourth-order valence-electron chi connectivity index (χ4n) is 3.18. The molecule has 0 aromatic heterocycles. The molecule has 0 aliphatic carbocycles. The molecule has 3 atom stereocenters. The highest BCUT2D eigenvalue weighted by Crippen LogP contribution is 2.34. The molecule has 1 amide bonds. The number of carbonyl (C=O) groups is 1. The molecule has 2 aliphatic heterocycles. The SMILES string of the molecule is CC1CN(C(=O)C#Cc2ccccc2)CC2(CCOC2C)O1. The average Bonchev–Trinajstić information content (AvgIpc) is 2.85. The third kappa shape index (κ3) is 3.01. The largest absolute Gasteiger partial charge is 0.375 e. The predicted molar refractivity (Wildman–Crippen MR) is 83.2 cm³/mol. The van der Waals surface area contributed by atoms with Gasteiger partial charge in [-0.3, -0.25) is 4.79 Å². The molecule has 1 aromatic carbocycles. The Labute approximate surface area is 131 Å². The summed E-state index contributed by atoms with van der Waals surface area (Å²) in [5, 5.41) is 0. The summed E-state index contributed by atoms with van der Waals surface area (Å²) in [7, 11) is 0. The van der Waals surface area contributed by atoms with Gasteiger partial charge in [0.05, 0.1) is 18.8 Å². The molecule has 3 rings (SSSR count). The minimum absolute atomic E-state index is 0.000347. The van der Waals surface area contributed by atoms with Crippen LogP contribution in [0.15, 0.2) is 30.3 Å². The summed E-state index contributed by atoms with van der Waals surface area (Å²) in [5.41, 5.74) is 0.478. The van der Waals surface area contributed by atoms with Crippen molar-refractivity contribution in [3.8, 4) is 11.8 Å². The molecule has 2 heterocycles. The number of amides is 1. The maximum atomic E-state index is 12.4. The maximum absolute atomic E-state index is 12.4. The minimum atomic E-state index is -0.373. The van der Waals surface area contributed by atoms with Crippen LogP contribution in [0, 0.1) is 11.8 Å². The molecule has 3 unspecified atom stereocenters. The van der Waals surface area contributed by atoms with E-state index in [-0.39, 0.29) is 23.7 Å². The highest BCUT2D eigenvalue weighted by atomic mass is 16.6. The molecule has 0 radical (unpaired) electrons. The number of morpholine rings is 1. The number of hydrogen-bond acceptors (Lipinski definition) is 3. The number of nitrogens with zero attached hydrogens (tertiary/aromatic N) is 1. The molecule has 1 spiro atoms. The highest BCUT2D eigenvalue weighted by Gasteiger charge is 2.48. The number of carbonyl (C=O) groups excluding carboxylic acids is 1. The second kappa shape index (κ2) is 6.12. The van der Waals surface area contributed by atoms with E-state index in [0.29, 0.717) is 19.7 Å². The summed E-state index contributed by atoms with van der Waals surface area (Å²) < 4.78 is 11.8. The highest BCUT2D eigenvalue weighted by molar-refractivity contribution is 5.94. The first-order valence-electron chi connectivity index (χ1n) is 7.74. The second-order valence-electron chi connectivity index (χ2n) is 6.06. The zero-order valence-electron chi connectivity index (χ0n) is 13.0. The summed E-state index contributed by atoms with van der Waals surface area (Å²) in [4.78, 5) is 14.2. The van der Waals surface area contributed by atoms with E-state index >= 15 is 0 Å². The van der Waals surface area contributed by atoms with Crippen molar-refractivity contribution in [2.24, 2.45) is 0 Å². The van der Waals surface area contributed by atoms with E-state index in [1.165, 1.54) is 0 Å². The van der Waals surface area contributed by atoms with Crippen LogP contribution in [0.4, 0.5) is 0 Å². The van der Waals surface area contributed by atoms with Crippen LogP contribution in [0.3, 0.4) is 0 Å². The molecule has 22 heavy (non-hydrogen) atoms. The zero-order chi connectivity index (χ0) is 15.6. The molecule has 4 nitrogen and oxygen atoms in total. The summed E-state index contributed by atoms with van der Waals surface area (Å²) in [6.07, 6.45) is 0.835. The smallest absolute Gasteiger partial charge is 0.299 e. The number of hydrogen-bond donors (Lipinski definition) is 0. The number of ether oxygens (including phenoxy) is 2. The third-order valence-corrected chi connectivity index (χ3v) is 4.38. The van der Waals surface area contributed by atoms with Crippen LogP contribution < -0.4 is 0 Å². The lowest BCUT2D eigenvalue weighted by molar-refractivity contribution is -0.175. The summed E-state index contributed by atoms with van der Waals surface area (Å²) >= 11 is 0. The van der Waals surface area contributed by atoms with E-state index in [9.17, 15) is 4.79 Å². The van der Waals surface area contributed by atoms with Crippen molar-refractivity contribution in [3.63, 3.8) is 0 Å². The van der Waals surface area contributed by atoms with Crippen LogP contribution in [0.2, 0.25) is 0 Å². The topological polar surface area (TPSA) is 38.8 Å². The zero-order valence-corrected chi connectivity index (χ0v) is 13.0. The first kappa shape index (κ1) is 15.1. The van der Waals surface area contributed by atoms with Crippen LogP contribution in [0.25, 0.3) is 0 Å². The Balaban J connectivity index is 1.74. The van der Waals surface area contributed by atoms with Crippen molar-refractivity contribution in [1.82, 2.24) is 4.90 Å². The fourth-order valence-corrected chi connectivity index (χ4v) is 3.18. The molecule has 0 N–H and O–H groups in total. The molecular weight excluding hydrogens is 278 g/mol. The standard InChI is InChI=1S/C18H21NO3/c1-14-12-19(13-18(22-14)10-11-21-15(18)2)17(20)9-8-16-6-4-3-5-7-16/h3-7,14-15H,10-13H2,1-2H3. The molecule has 2 saturated heterocycles. The van der Waals surface area contributed by atoms with Gasteiger partial charge in [0.25, 0.3) is 5.91 Å². The maximum Gasteiger partial charge on any atom is 0.299 e. The van der Waals surface area contributed by atoms with Gasteiger partial charge < -0.3 is 14.4 Å². The van der Waals surface area contributed by atoms with Gasteiger partial charge in [-0.15, -0.1) is 0 Å². The molecule has 116 valence electrons. The van der Waals surface area contributed by atoms with Crippen molar-refractivity contribution in [3.05, 3.63) is 35.9 Å². The Hall–Kier alpha value is -1.83. The van der Waals surface area contributed by atoms with Gasteiger partial charge in [-0.05, 0) is 26.0 Å². The Morgan fingerprint density at radius 2 is 2.09 bits per heavy atom. The van der Waals surface area contributed by atoms with Crippen LogP contribution in [-0.4, -0.2) is 48.3 Å². The normalized spacial score (nSPS) is 30.9. The van der Waals surface area contributed by atoms with Crippen molar-refractivity contribution in [2.45, 2.75) is 38.1 Å². The fraction of sp³-hybridized carbons (Fsp3) is 0.500. The molecule has 2 aliphatic rings. The molecule has 2 fully saturated rings. The first-order chi connectivity index (χ1) is 10.6. The number of rotatable bonds is 0. The minimum Gasteiger partial charge on any atom is -0.375 e. The van der Waals surface area contributed by atoms with E-state index in [1.54, 1.807) is 4.90 Å². The van der Waals surface area contributed by atoms with E-state index < -0.39 is 0 Å². The van der Waals surface area contributed by atoms with Crippen molar-refractivity contribution in [2.75, 3.05) is 19.7 Å². The first-order valence-corrected chi connectivity index (χ1v) is 7.74. The summed E-state index contributed by atoms with van der Waals surface area (Å²) in [5.74, 6) is 5.54. The monoisotopic (exact) mass is 299 g/mol. The van der Waals surface area contributed by atoms with Gasteiger partial charge in [0, 0.05) is 31.1 Å². The van der Waals surface area contributed by atoms with E-state index in [1.807, 2.05) is 44.2 Å². The predicted octanol–water partition coefficient (Wildman–Crippen LogP) is 1.83. The van der Waals surface area contributed by atoms with Gasteiger partial charge in [-0.25, -0.2) is 0 Å². The van der Waals surface area contributed by atoms with Gasteiger partial charge in [0.15, 0.2) is 0 Å². The van der Waals surface area contributed by atoms with Crippen LogP contribution >= 0.6 is 0 Å². The molecule has 4 heteroatoms. The van der Waals surface area contributed by atoms with E-state index in [4.69, 9.17) is 9.47 Å². The van der Waals surface area contributed by atoms with E-state index in [0.717, 1.165) is 12.0 Å².